The van der Waals surface area contributed by atoms with Crippen molar-refractivity contribution in [2.45, 2.75) is 18.8 Å². The Bertz CT molecular complexity index is 644. The number of methoxy groups -OCH3 is 1. The number of hydrogen-bond donors (Lipinski definition) is 0. The van der Waals surface area contributed by atoms with E-state index in [9.17, 15) is 4.79 Å². The number of rotatable bonds is 9. The molecule has 5 heteroatoms. The molecule has 2 aromatic rings. The van der Waals surface area contributed by atoms with Crippen molar-refractivity contribution in [3.8, 4) is 5.75 Å². The molecule has 1 unspecified atom stereocenters. The van der Waals surface area contributed by atoms with Crippen molar-refractivity contribution in [1.29, 1.82) is 0 Å². The molecule has 0 aliphatic carbocycles. The molecule has 0 saturated carbocycles. The van der Waals surface area contributed by atoms with Crippen molar-refractivity contribution in [2.24, 2.45) is 0 Å². The zero-order chi connectivity index (χ0) is 18.1. The molecule has 0 aromatic heterocycles. The largest absolute Gasteiger partial charge is 0.497 e. The molecule has 0 heterocycles. The zero-order valence-corrected chi connectivity index (χ0v) is 16.5. The Morgan fingerprint density at radius 2 is 1.69 bits per heavy atom. The number of halogens is 1. The maximum Gasteiger partial charge on any atom is 0.313 e. The van der Waals surface area contributed by atoms with Gasteiger partial charge in [-0.05, 0) is 50.2 Å². The lowest BCUT2D eigenvalue weighted by molar-refractivity contribution is -0.145. The lowest BCUT2D eigenvalue weighted by Crippen LogP contribution is -2.21. The molecule has 0 amide bonds. The fourth-order valence-electron chi connectivity index (χ4n) is 2.67. The van der Waals surface area contributed by atoms with E-state index < -0.39 is 0 Å². The van der Waals surface area contributed by atoms with Crippen LogP contribution >= 0.6 is 12.4 Å². The van der Waals surface area contributed by atoms with Gasteiger partial charge in [0, 0.05) is 6.54 Å². The van der Waals surface area contributed by atoms with Crippen LogP contribution in [0.4, 0.5) is 0 Å². The van der Waals surface area contributed by atoms with Crippen molar-refractivity contribution < 1.29 is 14.3 Å². The number of benzene rings is 2. The van der Waals surface area contributed by atoms with Gasteiger partial charge in [0.05, 0.1) is 19.6 Å². The fraction of sp³-hybridized carbons (Fsp3) is 0.381. The van der Waals surface area contributed by atoms with Crippen LogP contribution in [0.15, 0.2) is 54.6 Å². The van der Waals surface area contributed by atoms with Crippen LogP contribution in [0.2, 0.25) is 0 Å². The number of carbonyl (C=O) groups excluding carboxylic acids is 1. The normalized spacial score (nSPS) is 11.5. The standard InChI is InChI=1S/C21H27NO3.ClH/c1-22(2)14-7-15-25-21(23)20(18-8-5-4-6-9-18)16-17-10-12-19(24-3)13-11-17;/h4-6,8-13,20H,7,14-16H2,1-3H3;1H. The summed E-state index contributed by atoms with van der Waals surface area (Å²) in [5, 5.41) is 0. The SMILES string of the molecule is COc1ccc(CC(C(=O)OCCCN(C)C)c2ccccc2)cc1.Cl. The number of hydrogen-bond acceptors (Lipinski definition) is 4. The van der Waals surface area contributed by atoms with E-state index in [-0.39, 0.29) is 24.3 Å². The van der Waals surface area contributed by atoms with Crippen LogP contribution < -0.4 is 4.74 Å². The van der Waals surface area contributed by atoms with Gasteiger partial charge in [-0.1, -0.05) is 42.5 Å². The summed E-state index contributed by atoms with van der Waals surface area (Å²) in [4.78, 5) is 14.7. The lowest BCUT2D eigenvalue weighted by Gasteiger charge is -2.17. The topological polar surface area (TPSA) is 38.8 Å². The summed E-state index contributed by atoms with van der Waals surface area (Å²) in [6.45, 7) is 1.35. The summed E-state index contributed by atoms with van der Waals surface area (Å²) in [5.74, 6) is 0.348. The monoisotopic (exact) mass is 377 g/mol. The average Bonchev–Trinajstić information content (AvgIpc) is 2.64. The van der Waals surface area contributed by atoms with Crippen molar-refractivity contribution >= 4 is 18.4 Å². The van der Waals surface area contributed by atoms with Crippen molar-refractivity contribution in [2.75, 3.05) is 34.4 Å². The van der Waals surface area contributed by atoms with Gasteiger partial charge in [0.2, 0.25) is 0 Å². The lowest BCUT2D eigenvalue weighted by atomic mass is 9.92. The van der Waals surface area contributed by atoms with Gasteiger partial charge in [-0.15, -0.1) is 12.4 Å². The molecule has 142 valence electrons. The quantitative estimate of drug-likeness (QED) is 0.490. The molecule has 0 radical (unpaired) electrons. The van der Waals surface area contributed by atoms with E-state index in [1.807, 2.05) is 68.7 Å². The Morgan fingerprint density at radius 3 is 2.27 bits per heavy atom. The summed E-state index contributed by atoms with van der Waals surface area (Å²) >= 11 is 0. The van der Waals surface area contributed by atoms with E-state index in [2.05, 4.69) is 4.90 Å². The number of carbonyl (C=O) groups is 1. The third-order valence-corrected chi connectivity index (χ3v) is 4.08. The van der Waals surface area contributed by atoms with Gasteiger partial charge in [0.15, 0.2) is 0 Å². The second-order valence-corrected chi connectivity index (χ2v) is 6.34. The minimum atomic E-state index is -0.297. The Kier molecular flexibility index (Phi) is 9.78. The maximum atomic E-state index is 12.7. The van der Waals surface area contributed by atoms with Crippen LogP contribution in [0.25, 0.3) is 0 Å². The van der Waals surface area contributed by atoms with Crippen LogP contribution in [0, 0.1) is 0 Å². The summed E-state index contributed by atoms with van der Waals surface area (Å²) in [7, 11) is 5.67. The molecule has 0 bridgehead atoms. The molecule has 1 atom stereocenters. The van der Waals surface area contributed by atoms with Crippen LogP contribution in [-0.2, 0) is 16.0 Å². The van der Waals surface area contributed by atoms with E-state index in [0.717, 1.165) is 29.8 Å². The second-order valence-electron chi connectivity index (χ2n) is 6.34. The maximum absolute atomic E-state index is 12.7. The summed E-state index contributed by atoms with van der Waals surface area (Å²) < 4.78 is 10.7. The first-order valence-corrected chi connectivity index (χ1v) is 8.59. The Labute approximate surface area is 162 Å². The number of nitrogens with zero attached hydrogens (tertiary/aromatic N) is 1. The van der Waals surface area contributed by atoms with Gasteiger partial charge < -0.3 is 14.4 Å². The minimum Gasteiger partial charge on any atom is -0.497 e. The molecule has 4 nitrogen and oxygen atoms in total. The van der Waals surface area contributed by atoms with Gasteiger partial charge in [-0.2, -0.15) is 0 Å². The Morgan fingerprint density at radius 1 is 1.04 bits per heavy atom. The molecule has 0 aliphatic rings. The fourth-order valence-corrected chi connectivity index (χ4v) is 2.67. The van der Waals surface area contributed by atoms with Crippen LogP contribution in [0.3, 0.4) is 0 Å². The Balaban J connectivity index is 0.00000338. The van der Waals surface area contributed by atoms with E-state index in [4.69, 9.17) is 9.47 Å². The first kappa shape index (κ1) is 22.0. The molecule has 2 rings (SSSR count). The van der Waals surface area contributed by atoms with E-state index >= 15 is 0 Å². The molecule has 0 saturated heterocycles. The average molecular weight is 378 g/mol. The predicted molar refractivity (Wildman–Crippen MR) is 107 cm³/mol. The molecule has 0 fully saturated rings. The molecule has 0 N–H and O–H groups in total. The molecule has 0 spiro atoms. The van der Waals surface area contributed by atoms with Gasteiger partial charge >= 0.3 is 5.97 Å². The van der Waals surface area contributed by atoms with Gasteiger partial charge in [-0.3, -0.25) is 4.79 Å². The zero-order valence-electron chi connectivity index (χ0n) is 15.7. The van der Waals surface area contributed by atoms with Crippen LogP contribution in [0.1, 0.15) is 23.5 Å². The first-order chi connectivity index (χ1) is 12.1. The minimum absolute atomic E-state index is 0. The summed E-state index contributed by atoms with van der Waals surface area (Å²) in [6, 6.07) is 17.6. The highest BCUT2D eigenvalue weighted by Crippen LogP contribution is 2.24. The highest BCUT2D eigenvalue weighted by molar-refractivity contribution is 5.85. The van der Waals surface area contributed by atoms with E-state index in [1.165, 1.54) is 0 Å². The van der Waals surface area contributed by atoms with Crippen molar-refractivity contribution in [3.63, 3.8) is 0 Å². The van der Waals surface area contributed by atoms with Gasteiger partial charge in [0.1, 0.15) is 5.75 Å². The highest BCUT2D eigenvalue weighted by Gasteiger charge is 2.22. The predicted octanol–water partition coefficient (Wildman–Crippen LogP) is 3.94. The number of ether oxygens (including phenoxy) is 2. The van der Waals surface area contributed by atoms with Crippen LogP contribution in [-0.4, -0.2) is 45.2 Å². The van der Waals surface area contributed by atoms with E-state index in [1.54, 1.807) is 7.11 Å². The third kappa shape index (κ3) is 7.06. The molecule has 0 aliphatic heterocycles. The number of esters is 1. The highest BCUT2D eigenvalue weighted by atomic mass is 35.5. The Hall–Kier alpha value is -2.04. The molecular weight excluding hydrogens is 350 g/mol. The van der Waals surface area contributed by atoms with Gasteiger partial charge in [0.25, 0.3) is 0 Å². The van der Waals surface area contributed by atoms with Gasteiger partial charge in [-0.25, -0.2) is 0 Å². The molecule has 26 heavy (non-hydrogen) atoms. The van der Waals surface area contributed by atoms with E-state index in [0.29, 0.717) is 13.0 Å². The first-order valence-electron chi connectivity index (χ1n) is 8.59. The summed E-state index contributed by atoms with van der Waals surface area (Å²) in [6.07, 6.45) is 1.45. The summed E-state index contributed by atoms with van der Waals surface area (Å²) in [5.41, 5.74) is 2.07. The molecule has 2 aromatic carbocycles. The smallest absolute Gasteiger partial charge is 0.313 e. The second kappa shape index (κ2) is 11.6. The van der Waals surface area contributed by atoms with Crippen molar-refractivity contribution in [3.05, 3.63) is 65.7 Å². The third-order valence-electron chi connectivity index (χ3n) is 4.08. The van der Waals surface area contributed by atoms with Crippen LogP contribution in [0.5, 0.6) is 5.75 Å². The van der Waals surface area contributed by atoms with Crippen molar-refractivity contribution in [1.82, 2.24) is 4.90 Å². The molecular formula is C21H28ClNO3.